The number of amides is 2. The van der Waals surface area contributed by atoms with Crippen LogP contribution in [0.1, 0.15) is 25.3 Å². The highest BCUT2D eigenvalue weighted by molar-refractivity contribution is 7.92. The monoisotopic (exact) mass is 425 g/mol. The lowest BCUT2D eigenvalue weighted by molar-refractivity contribution is -0.147. The Kier molecular flexibility index (Phi) is 6.56. The molecule has 29 heavy (non-hydrogen) atoms. The van der Waals surface area contributed by atoms with Gasteiger partial charge in [-0.1, -0.05) is 12.1 Å². The number of carbonyl (C=O) groups is 3. The van der Waals surface area contributed by atoms with Crippen LogP contribution < -0.4 is 9.62 Å². The van der Waals surface area contributed by atoms with Crippen LogP contribution in [0.15, 0.2) is 24.3 Å². The minimum Gasteiger partial charge on any atom is -0.480 e. The predicted octanol–water partition coefficient (Wildman–Crippen LogP) is 0.453. The Morgan fingerprint density at radius 2 is 1.72 bits per heavy atom. The van der Waals surface area contributed by atoms with Gasteiger partial charge in [-0.05, 0) is 37.5 Å². The molecule has 0 radical (unpaired) electrons. The molecule has 2 N–H and O–H groups in total. The summed E-state index contributed by atoms with van der Waals surface area (Å²) in [6.07, 6.45) is 1.92. The van der Waals surface area contributed by atoms with Crippen LogP contribution in [0.25, 0.3) is 0 Å². The lowest BCUT2D eigenvalue weighted by Gasteiger charge is -2.22. The first-order valence-corrected chi connectivity index (χ1v) is 11.1. The first-order chi connectivity index (χ1) is 13.4. The van der Waals surface area contributed by atoms with Gasteiger partial charge >= 0.3 is 5.97 Å². The quantitative estimate of drug-likeness (QED) is 0.554. The molecule has 1 fully saturated rings. The van der Waals surface area contributed by atoms with Gasteiger partial charge in [0.15, 0.2) is 0 Å². The molecule has 0 heterocycles. The number of rotatable bonds is 9. The summed E-state index contributed by atoms with van der Waals surface area (Å²) in [4.78, 5) is 37.8. The van der Waals surface area contributed by atoms with Crippen molar-refractivity contribution in [3.05, 3.63) is 29.8 Å². The molecule has 1 aromatic carbocycles. The number of carboxylic acid groups (broad SMARTS) is 1. The first-order valence-electron chi connectivity index (χ1n) is 9.24. The van der Waals surface area contributed by atoms with Crippen molar-refractivity contribution in [1.82, 2.24) is 10.2 Å². The average molecular weight is 426 g/mol. The van der Waals surface area contributed by atoms with Gasteiger partial charge in [-0.25, -0.2) is 13.2 Å². The summed E-state index contributed by atoms with van der Waals surface area (Å²) in [5, 5.41) is 12.0. The molecule has 2 amide bonds. The molecule has 0 bridgehead atoms. The Hall–Kier alpha value is -2.62. The predicted molar refractivity (Wildman–Crippen MR) is 108 cm³/mol. The number of nitrogens with zero attached hydrogens (tertiary/aromatic N) is 2. The largest absolute Gasteiger partial charge is 0.480 e. The number of nitrogens with one attached hydrogen (secondary N) is 1. The van der Waals surface area contributed by atoms with E-state index in [-0.39, 0.29) is 18.9 Å². The van der Waals surface area contributed by atoms with Gasteiger partial charge in [0.05, 0.1) is 11.9 Å². The second-order valence-electron chi connectivity index (χ2n) is 7.44. The van der Waals surface area contributed by atoms with Crippen LogP contribution in [0.3, 0.4) is 0 Å². The van der Waals surface area contributed by atoms with E-state index in [1.165, 1.54) is 9.21 Å². The fourth-order valence-corrected chi connectivity index (χ4v) is 4.20. The number of anilines is 1. The van der Waals surface area contributed by atoms with E-state index in [0.29, 0.717) is 24.1 Å². The van der Waals surface area contributed by atoms with Gasteiger partial charge in [0, 0.05) is 27.1 Å². The molecule has 1 aliphatic rings. The number of aliphatic carboxylic acids is 1. The molecule has 9 nitrogen and oxygen atoms in total. The van der Waals surface area contributed by atoms with E-state index in [2.05, 4.69) is 5.32 Å². The summed E-state index contributed by atoms with van der Waals surface area (Å²) in [7, 11) is -0.297. The number of benzene rings is 1. The standard InChI is InChI=1S/C19H27N3O6S/c1-5-22(29(4,27)28)14-8-6-13(7-9-14)12-15(16(23)24)20-17(25)19(10-11-19)18(26)21(2)3/h6-9,15H,5,10-12H2,1-4H3,(H,20,25)(H,23,24)/t15-/m0/s1. The fraction of sp³-hybridized carbons (Fsp3) is 0.526. The molecule has 0 unspecified atom stereocenters. The first kappa shape index (κ1) is 22.7. The third-order valence-corrected chi connectivity index (χ3v) is 6.23. The molecule has 2 rings (SSSR count). The van der Waals surface area contributed by atoms with Crippen LogP contribution >= 0.6 is 0 Å². The number of hydrogen-bond donors (Lipinski definition) is 2. The van der Waals surface area contributed by atoms with Gasteiger partial charge in [-0.15, -0.1) is 0 Å². The van der Waals surface area contributed by atoms with Crippen LogP contribution in [0.5, 0.6) is 0 Å². The molecule has 1 saturated carbocycles. The Balaban J connectivity index is 2.13. The third kappa shape index (κ3) is 5.06. The average Bonchev–Trinajstić information content (AvgIpc) is 3.43. The molecular formula is C19H27N3O6S. The second-order valence-corrected chi connectivity index (χ2v) is 9.35. The minimum atomic E-state index is -3.41. The zero-order valence-electron chi connectivity index (χ0n) is 17.0. The maximum atomic E-state index is 12.6. The van der Waals surface area contributed by atoms with E-state index in [9.17, 15) is 27.9 Å². The van der Waals surface area contributed by atoms with Gasteiger partial charge in [0.2, 0.25) is 21.8 Å². The summed E-state index contributed by atoms with van der Waals surface area (Å²) in [5.74, 6) is -2.11. The van der Waals surface area contributed by atoms with Crippen molar-refractivity contribution in [2.75, 3.05) is 31.2 Å². The van der Waals surface area contributed by atoms with Crippen molar-refractivity contribution < 1.29 is 27.9 Å². The molecule has 1 aliphatic carbocycles. The molecule has 0 aromatic heterocycles. The van der Waals surface area contributed by atoms with Crippen molar-refractivity contribution in [2.45, 2.75) is 32.2 Å². The van der Waals surface area contributed by atoms with Gasteiger partial charge < -0.3 is 15.3 Å². The zero-order chi connectivity index (χ0) is 22.0. The topological polar surface area (TPSA) is 124 Å². The number of carbonyl (C=O) groups excluding carboxylic acids is 2. The number of hydrogen-bond acceptors (Lipinski definition) is 5. The highest BCUT2D eigenvalue weighted by atomic mass is 32.2. The maximum absolute atomic E-state index is 12.6. The second kappa shape index (κ2) is 8.40. The fourth-order valence-electron chi connectivity index (χ4n) is 3.23. The normalized spacial score (nSPS) is 15.9. The third-order valence-electron chi connectivity index (χ3n) is 4.96. The van der Waals surface area contributed by atoms with Gasteiger partial charge in [0.1, 0.15) is 11.5 Å². The molecule has 0 aliphatic heterocycles. The Morgan fingerprint density at radius 3 is 2.10 bits per heavy atom. The molecule has 1 atom stereocenters. The van der Waals surface area contributed by atoms with Crippen molar-refractivity contribution in [3.8, 4) is 0 Å². The number of carboxylic acids is 1. The molecule has 0 spiro atoms. The summed E-state index contributed by atoms with van der Waals surface area (Å²) in [5.41, 5.74) is -0.0731. The lowest BCUT2D eigenvalue weighted by Crippen LogP contribution is -2.49. The van der Waals surface area contributed by atoms with E-state index < -0.39 is 33.4 Å². The Labute approximate surface area is 170 Å². The molecule has 0 saturated heterocycles. The van der Waals surface area contributed by atoms with Crippen molar-refractivity contribution in [2.24, 2.45) is 5.41 Å². The van der Waals surface area contributed by atoms with E-state index in [1.807, 2.05) is 0 Å². The van der Waals surface area contributed by atoms with Crippen LogP contribution in [-0.4, -0.2) is 69.1 Å². The van der Waals surface area contributed by atoms with Crippen molar-refractivity contribution >= 4 is 33.5 Å². The van der Waals surface area contributed by atoms with E-state index in [0.717, 1.165) is 6.26 Å². The van der Waals surface area contributed by atoms with E-state index in [4.69, 9.17) is 0 Å². The summed E-state index contributed by atoms with van der Waals surface area (Å²) in [6.45, 7) is 1.99. The van der Waals surface area contributed by atoms with Crippen LogP contribution in [0.4, 0.5) is 5.69 Å². The maximum Gasteiger partial charge on any atom is 0.326 e. The van der Waals surface area contributed by atoms with Gasteiger partial charge in [-0.2, -0.15) is 0 Å². The lowest BCUT2D eigenvalue weighted by atomic mass is 10.0. The highest BCUT2D eigenvalue weighted by Gasteiger charge is 2.57. The molecular weight excluding hydrogens is 398 g/mol. The van der Waals surface area contributed by atoms with Crippen LogP contribution in [0.2, 0.25) is 0 Å². The van der Waals surface area contributed by atoms with E-state index in [1.54, 1.807) is 45.3 Å². The summed E-state index contributed by atoms with van der Waals surface area (Å²) in [6, 6.07) is 5.25. The van der Waals surface area contributed by atoms with Crippen LogP contribution in [-0.2, 0) is 30.8 Å². The Morgan fingerprint density at radius 1 is 1.17 bits per heavy atom. The SMILES string of the molecule is CCN(c1ccc(C[C@H](NC(=O)C2(C(=O)N(C)C)CC2)C(=O)O)cc1)S(C)(=O)=O. The highest BCUT2D eigenvalue weighted by Crippen LogP contribution is 2.47. The molecule has 1 aromatic rings. The Bertz CT molecular complexity index is 891. The zero-order valence-corrected chi connectivity index (χ0v) is 17.8. The molecule has 160 valence electrons. The number of sulfonamides is 1. The smallest absolute Gasteiger partial charge is 0.326 e. The summed E-state index contributed by atoms with van der Waals surface area (Å²) >= 11 is 0. The summed E-state index contributed by atoms with van der Waals surface area (Å²) < 4.78 is 24.9. The van der Waals surface area contributed by atoms with Gasteiger partial charge in [-0.3, -0.25) is 13.9 Å². The van der Waals surface area contributed by atoms with Crippen molar-refractivity contribution in [1.29, 1.82) is 0 Å². The molecule has 10 heteroatoms. The minimum absolute atomic E-state index is 0.0125. The van der Waals surface area contributed by atoms with E-state index >= 15 is 0 Å². The van der Waals surface area contributed by atoms with Gasteiger partial charge in [0.25, 0.3) is 0 Å². The van der Waals surface area contributed by atoms with Crippen LogP contribution in [0, 0.1) is 5.41 Å². The van der Waals surface area contributed by atoms with Crippen molar-refractivity contribution in [3.63, 3.8) is 0 Å².